The molecule has 52 heavy (non-hydrogen) atoms. The Morgan fingerprint density at radius 2 is 1.54 bits per heavy atom. The van der Waals surface area contributed by atoms with Gasteiger partial charge in [-0.3, -0.25) is 19.2 Å². The van der Waals surface area contributed by atoms with Crippen LogP contribution in [0, 0.1) is 23.2 Å². The molecule has 0 aliphatic heterocycles. The maximum absolute atomic E-state index is 16.5. The zero-order valence-electron chi connectivity index (χ0n) is 32.6. The molecule has 6 atom stereocenters. The van der Waals surface area contributed by atoms with Gasteiger partial charge in [0.2, 0.25) is 11.8 Å². The fourth-order valence-electron chi connectivity index (χ4n) is 7.11. The van der Waals surface area contributed by atoms with Crippen LogP contribution >= 0.6 is 0 Å². The van der Waals surface area contributed by atoms with Crippen LogP contribution in [0.1, 0.15) is 112 Å². The number of alkyl halides is 2. The Morgan fingerprint density at radius 1 is 0.962 bits per heavy atom. The lowest BCUT2D eigenvalue weighted by molar-refractivity contribution is -0.194. The largest absolute Gasteiger partial charge is 0.497 e. The van der Waals surface area contributed by atoms with Crippen molar-refractivity contribution in [1.29, 1.82) is 0 Å². The predicted octanol–water partition coefficient (Wildman–Crippen LogP) is 4.84. The van der Waals surface area contributed by atoms with E-state index >= 15 is 13.6 Å². The molecule has 1 saturated carbocycles. The highest BCUT2D eigenvalue weighted by molar-refractivity contribution is 6.08. The molecule has 2 amide bonds. The summed E-state index contributed by atoms with van der Waals surface area (Å²) in [6, 6.07) is -0.0865. The van der Waals surface area contributed by atoms with E-state index in [1.807, 2.05) is 13.8 Å². The number of esters is 1. The molecule has 2 rings (SSSR count). The maximum Gasteiger partial charge on any atom is 0.322 e. The molecule has 0 spiro atoms. The number of aliphatic hydroxyl groups is 1. The van der Waals surface area contributed by atoms with Crippen molar-refractivity contribution >= 4 is 23.6 Å². The number of benzene rings is 1. The summed E-state index contributed by atoms with van der Waals surface area (Å²) in [5, 5.41) is 17.2. The second kappa shape index (κ2) is 19.3. The lowest BCUT2D eigenvalue weighted by atomic mass is 9.58. The zero-order valence-corrected chi connectivity index (χ0v) is 32.6. The minimum Gasteiger partial charge on any atom is -0.497 e. The van der Waals surface area contributed by atoms with Crippen molar-refractivity contribution in [2.24, 2.45) is 34.6 Å². The van der Waals surface area contributed by atoms with Crippen molar-refractivity contribution < 1.29 is 42.5 Å². The number of hydrogen-bond acceptors (Lipinski definition) is 9. The third-order valence-corrected chi connectivity index (χ3v) is 9.80. The van der Waals surface area contributed by atoms with E-state index < -0.39 is 82.6 Å². The van der Waals surface area contributed by atoms with Gasteiger partial charge >= 0.3 is 5.97 Å². The first kappa shape index (κ1) is 45.0. The highest BCUT2D eigenvalue weighted by Crippen LogP contribution is 2.48. The predicted molar refractivity (Wildman–Crippen MR) is 197 cm³/mol. The molecule has 1 aliphatic rings. The van der Waals surface area contributed by atoms with Gasteiger partial charge in [-0.1, -0.05) is 72.4 Å². The Labute approximate surface area is 308 Å². The van der Waals surface area contributed by atoms with Crippen LogP contribution in [0.25, 0.3) is 0 Å². The number of carbonyl (C=O) groups excluding carboxylic acids is 4. The maximum atomic E-state index is 16.5. The van der Waals surface area contributed by atoms with Crippen molar-refractivity contribution in [2.75, 3.05) is 7.11 Å². The molecule has 0 heterocycles. The molecular weight excluding hydrogens is 674 g/mol. The smallest absolute Gasteiger partial charge is 0.322 e. The van der Waals surface area contributed by atoms with Crippen LogP contribution in [-0.2, 0) is 30.3 Å². The third kappa shape index (κ3) is 11.4. The third-order valence-electron chi connectivity index (χ3n) is 9.80. The molecule has 0 saturated heterocycles. The Morgan fingerprint density at radius 3 is 2.02 bits per heavy atom. The summed E-state index contributed by atoms with van der Waals surface area (Å²) in [4.78, 5) is 57.3. The summed E-state index contributed by atoms with van der Waals surface area (Å²) in [5.41, 5.74) is 9.49. The van der Waals surface area contributed by atoms with E-state index in [2.05, 4.69) is 10.6 Å². The number of amides is 2. The van der Waals surface area contributed by atoms with Gasteiger partial charge in [-0.25, -0.2) is 8.78 Å². The molecule has 1 aromatic carbocycles. The van der Waals surface area contributed by atoms with Crippen LogP contribution in [0.15, 0.2) is 24.3 Å². The number of ketones is 1. The van der Waals surface area contributed by atoms with Gasteiger partial charge in [-0.15, -0.1) is 0 Å². The Bertz CT molecular complexity index is 1330. The fraction of sp³-hybridized carbons (Fsp3) is 0.744. The lowest BCUT2D eigenvalue weighted by Crippen LogP contribution is -2.72. The molecule has 0 bridgehead atoms. The molecular formula is C39H64F2N4O7. The average Bonchev–Trinajstić information content (AvgIpc) is 3.06. The molecule has 1 aromatic rings. The molecule has 11 nitrogen and oxygen atoms in total. The topological polar surface area (TPSA) is 183 Å². The molecule has 1 fully saturated rings. The van der Waals surface area contributed by atoms with E-state index in [0.29, 0.717) is 24.2 Å². The van der Waals surface area contributed by atoms with Crippen LogP contribution in [-0.4, -0.2) is 77.6 Å². The molecule has 0 radical (unpaired) electrons. The number of Topliss-reactive ketones (excluding diaryl/α,β-unsaturated/α-hetero) is 1. The van der Waals surface area contributed by atoms with Crippen molar-refractivity contribution in [3.05, 3.63) is 29.8 Å². The monoisotopic (exact) mass is 738 g/mol. The van der Waals surface area contributed by atoms with Gasteiger partial charge < -0.3 is 36.7 Å². The number of hydrogen-bond donors (Lipinski definition) is 5. The van der Waals surface area contributed by atoms with Crippen molar-refractivity contribution in [3.63, 3.8) is 0 Å². The molecule has 4 unspecified atom stereocenters. The lowest BCUT2D eigenvalue weighted by Gasteiger charge is -2.49. The molecule has 296 valence electrons. The van der Waals surface area contributed by atoms with Crippen molar-refractivity contribution in [3.8, 4) is 5.75 Å². The van der Waals surface area contributed by atoms with Gasteiger partial charge in [0.25, 0.3) is 5.92 Å². The summed E-state index contributed by atoms with van der Waals surface area (Å²) in [6.45, 7) is 13.4. The minimum atomic E-state index is -4.09. The second-order valence-electron chi connectivity index (χ2n) is 16.1. The minimum absolute atomic E-state index is 0.0416. The van der Waals surface area contributed by atoms with Gasteiger partial charge in [0.1, 0.15) is 23.5 Å². The number of nitrogens with two attached hydrogens (primary N) is 2. The van der Waals surface area contributed by atoms with Crippen LogP contribution in [0.4, 0.5) is 8.78 Å². The highest BCUT2D eigenvalue weighted by Gasteiger charge is 2.66. The Kier molecular flexibility index (Phi) is 16.7. The highest BCUT2D eigenvalue weighted by atomic mass is 19.3. The van der Waals surface area contributed by atoms with Crippen LogP contribution in [0.5, 0.6) is 5.75 Å². The SMILES string of the molecule is CCCC(N)C(F)(F)C(O)C(NC(=O)[C@@H](NC(=O)CC(C)C)C(C)C)C(C(=O)OC(C)(C)C)(C(=O)[C@@H](N)Cc1ccc(OC)cc1)C1CCCCC1. The standard InChI is InChI=1S/C39H64F2N4O7/c1-10-14-29(43)39(40,41)34(48)32(45-35(49)31(24(4)5)44-30(46)21-23(2)3)38(26-15-12-11-13-16-26,36(50)52-37(6,7)8)33(47)28(42)22-25-17-19-27(51-9)20-18-25/h17-20,23-24,26,28-29,31-32,34,48H,10-16,21-22,42-43H2,1-9H3,(H,44,46)(H,45,49)/t28-,29?,31-,32?,34?,38?/m0/s1. The van der Waals surface area contributed by atoms with E-state index in [1.165, 1.54) is 7.11 Å². The van der Waals surface area contributed by atoms with E-state index in [9.17, 15) is 19.5 Å². The molecule has 13 heteroatoms. The van der Waals surface area contributed by atoms with Gasteiger partial charge in [0.05, 0.1) is 25.2 Å². The van der Waals surface area contributed by atoms with Crippen LogP contribution in [0.2, 0.25) is 0 Å². The fourth-order valence-corrected chi connectivity index (χ4v) is 7.11. The summed E-state index contributed by atoms with van der Waals surface area (Å²) >= 11 is 0. The number of rotatable bonds is 19. The summed E-state index contributed by atoms with van der Waals surface area (Å²) in [7, 11) is 1.51. The van der Waals surface area contributed by atoms with Crippen LogP contribution < -0.4 is 26.8 Å². The van der Waals surface area contributed by atoms with Crippen molar-refractivity contribution in [1.82, 2.24) is 10.6 Å². The first-order valence-electron chi connectivity index (χ1n) is 18.7. The number of nitrogens with one attached hydrogen (secondary N) is 2. The average molecular weight is 739 g/mol. The quantitative estimate of drug-likeness (QED) is 0.0980. The zero-order chi connectivity index (χ0) is 39.6. The van der Waals surface area contributed by atoms with E-state index in [-0.39, 0.29) is 44.4 Å². The van der Waals surface area contributed by atoms with Gasteiger partial charge in [-0.05, 0) is 81.9 Å². The summed E-state index contributed by atoms with van der Waals surface area (Å²) < 4.78 is 44.1. The van der Waals surface area contributed by atoms with Gasteiger partial charge in [-0.2, -0.15) is 0 Å². The Balaban J connectivity index is 2.95. The van der Waals surface area contributed by atoms with E-state index in [0.717, 1.165) is 6.42 Å². The van der Waals surface area contributed by atoms with Crippen LogP contribution in [0.3, 0.4) is 0 Å². The second-order valence-corrected chi connectivity index (χ2v) is 16.1. The number of aliphatic hydroxyl groups excluding tert-OH is 1. The first-order valence-corrected chi connectivity index (χ1v) is 18.7. The normalized spacial score (nSPS) is 18.5. The first-order chi connectivity index (χ1) is 24.1. The molecule has 0 aromatic heterocycles. The van der Waals surface area contributed by atoms with Crippen molar-refractivity contribution in [2.45, 2.75) is 155 Å². The number of methoxy groups -OCH3 is 1. The van der Waals surface area contributed by atoms with Gasteiger partial charge in [0, 0.05) is 6.42 Å². The number of halogens is 2. The van der Waals surface area contributed by atoms with E-state index in [4.69, 9.17) is 20.9 Å². The molecule has 1 aliphatic carbocycles. The number of carbonyl (C=O) groups is 4. The summed E-state index contributed by atoms with van der Waals surface area (Å²) in [6.07, 6.45) is -0.420. The Hall–Kier alpha value is -3.16. The van der Waals surface area contributed by atoms with E-state index in [1.54, 1.807) is 65.8 Å². The number of ether oxygens (including phenoxy) is 2. The summed E-state index contributed by atoms with van der Waals surface area (Å²) in [5.74, 6) is -8.58. The molecule has 7 N–H and O–H groups in total. The van der Waals surface area contributed by atoms with Gasteiger partial charge in [0.15, 0.2) is 11.2 Å².